The summed E-state index contributed by atoms with van der Waals surface area (Å²) in [5.74, 6) is -0.666. The van der Waals surface area contributed by atoms with Crippen LogP contribution in [0.2, 0.25) is 0 Å². The lowest BCUT2D eigenvalue weighted by Crippen LogP contribution is -2.26. The van der Waals surface area contributed by atoms with Crippen molar-refractivity contribution in [2.45, 2.75) is 6.92 Å². The first-order valence-corrected chi connectivity index (χ1v) is 6.67. The molecule has 2 rings (SSSR count). The van der Waals surface area contributed by atoms with Crippen molar-refractivity contribution in [1.29, 1.82) is 0 Å². The summed E-state index contributed by atoms with van der Waals surface area (Å²) in [4.78, 5) is 17.5. The number of esters is 1. The highest BCUT2D eigenvalue weighted by molar-refractivity contribution is 7.13. The molecule has 1 aromatic heterocycles. The normalized spacial score (nSPS) is 10.2. The smallest absolute Gasteiger partial charge is 0.326 e. The molecule has 0 atom stereocenters. The largest absolute Gasteiger partial charge is 0.465 e. The van der Waals surface area contributed by atoms with E-state index < -0.39 is 0 Å². The van der Waals surface area contributed by atoms with E-state index in [1.807, 2.05) is 5.38 Å². The number of halogens is 1. The van der Waals surface area contributed by atoms with E-state index in [4.69, 9.17) is 4.74 Å². The Morgan fingerprint density at radius 3 is 2.74 bits per heavy atom. The Labute approximate surface area is 114 Å². The molecule has 0 radical (unpaired) electrons. The van der Waals surface area contributed by atoms with Crippen LogP contribution in [0.4, 0.5) is 15.2 Å². The van der Waals surface area contributed by atoms with E-state index in [0.717, 1.165) is 0 Å². The number of anilines is 2. The third-order valence-corrected chi connectivity index (χ3v) is 3.18. The average molecular weight is 280 g/mol. The van der Waals surface area contributed by atoms with Crippen molar-refractivity contribution >= 4 is 28.1 Å². The van der Waals surface area contributed by atoms with Gasteiger partial charge in [-0.05, 0) is 31.2 Å². The number of hydrogen-bond donors (Lipinski definition) is 0. The summed E-state index contributed by atoms with van der Waals surface area (Å²) in [5, 5.41) is 2.48. The van der Waals surface area contributed by atoms with Gasteiger partial charge in [0, 0.05) is 17.3 Å². The second-order valence-electron chi connectivity index (χ2n) is 3.68. The van der Waals surface area contributed by atoms with E-state index >= 15 is 0 Å². The first kappa shape index (κ1) is 13.5. The van der Waals surface area contributed by atoms with Crippen molar-refractivity contribution in [2.75, 3.05) is 18.1 Å². The maximum atomic E-state index is 13.0. The number of benzene rings is 1. The van der Waals surface area contributed by atoms with Gasteiger partial charge < -0.3 is 9.64 Å². The molecule has 100 valence electrons. The third kappa shape index (κ3) is 3.51. The van der Waals surface area contributed by atoms with E-state index in [9.17, 15) is 9.18 Å². The Morgan fingerprint density at radius 2 is 2.16 bits per heavy atom. The van der Waals surface area contributed by atoms with Gasteiger partial charge in [-0.3, -0.25) is 4.79 Å². The van der Waals surface area contributed by atoms with Gasteiger partial charge in [0.15, 0.2) is 5.13 Å². The minimum absolute atomic E-state index is 0.0486. The number of carbonyl (C=O) groups excluding carboxylic acids is 1. The van der Waals surface area contributed by atoms with Crippen LogP contribution in [0.25, 0.3) is 0 Å². The number of nitrogens with zero attached hydrogens (tertiary/aromatic N) is 2. The number of aromatic nitrogens is 1. The highest BCUT2D eigenvalue weighted by atomic mass is 32.1. The molecule has 0 aliphatic heterocycles. The maximum Gasteiger partial charge on any atom is 0.326 e. The summed E-state index contributed by atoms with van der Waals surface area (Å²) >= 11 is 1.40. The van der Waals surface area contributed by atoms with Crippen molar-refractivity contribution in [2.24, 2.45) is 0 Å². The zero-order valence-corrected chi connectivity index (χ0v) is 11.2. The molecule has 19 heavy (non-hydrogen) atoms. The number of ether oxygens (including phenoxy) is 1. The second-order valence-corrected chi connectivity index (χ2v) is 4.56. The van der Waals surface area contributed by atoms with Gasteiger partial charge in [0.2, 0.25) is 0 Å². The van der Waals surface area contributed by atoms with Gasteiger partial charge >= 0.3 is 5.97 Å². The Hall–Kier alpha value is -1.95. The predicted octanol–water partition coefficient (Wildman–Crippen LogP) is 2.98. The van der Waals surface area contributed by atoms with Crippen LogP contribution in [0, 0.1) is 5.82 Å². The summed E-state index contributed by atoms with van der Waals surface area (Å²) in [6.07, 6.45) is 1.65. The van der Waals surface area contributed by atoms with Crippen LogP contribution in [-0.2, 0) is 9.53 Å². The molecule has 6 heteroatoms. The zero-order chi connectivity index (χ0) is 13.7. The third-order valence-electron chi connectivity index (χ3n) is 2.38. The molecule has 0 aliphatic carbocycles. The van der Waals surface area contributed by atoms with Gasteiger partial charge in [0.1, 0.15) is 12.4 Å². The first-order valence-electron chi connectivity index (χ1n) is 5.79. The number of hydrogen-bond acceptors (Lipinski definition) is 5. The highest BCUT2D eigenvalue weighted by Gasteiger charge is 2.16. The van der Waals surface area contributed by atoms with E-state index in [1.165, 1.54) is 23.5 Å². The van der Waals surface area contributed by atoms with Crippen molar-refractivity contribution in [3.8, 4) is 0 Å². The topological polar surface area (TPSA) is 42.4 Å². The summed E-state index contributed by atoms with van der Waals surface area (Å²) in [6.45, 7) is 2.13. The van der Waals surface area contributed by atoms with E-state index in [2.05, 4.69) is 4.98 Å². The van der Waals surface area contributed by atoms with Gasteiger partial charge in [0.05, 0.1) is 6.61 Å². The molecule has 0 saturated carbocycles. The van der Waals surface area contributed by atoms with Crippen LogP contribution in [0.5, 0.6) is 0 Å². The molecule has 1 heterocycles. The van der Waals surface area contributed by atoms with Crippen molar-refractivity contribution in [3.63, 3.8) is 0 Å². The molecular formula is C13H13FN2O2S. The van der Waals surface area contributed by atoms with Gasteiger partial charge in [-0.1, -0.05) is 0 Å². The lowest BCUT2D eigenvalue weighted by atomic mass is 10.3. The fourth-order valence-corrected chi connectivity index (χ4v) is 2.24. The molecule has 0 unspecified atom stereocenters. The molecule has 0 bridgehead atoms. The van der Waals surface area contributed by atoms with Crippen LogP contribution in [-0.4, -0.2) is 24.1 Å². The second kappa shape index (κ2) is 6.29. The van der Waals surface area contributed by atoms with Crippen LogP contribution in [0.1, 0.15) is 6.92 Å². The Bertz CT molecular complexity index is 528. The molecule has 0 fully saturated rings. The lowest BCUT2D eigenvalue weighted by molar-refractivity contribution is -0.141. The standard InChI is InChI=1S/C13H13FN2O2S/c1-2-18-12(17)9-16(13-15-7-8-19-13)11-5-3-10(14)4-6-11/h3-8H,2,9H2,1H3. The molecule has 1 aromatic carbocycles. The molecule has 0 aliphatic rings. The summed E-state index contributed by atoms with van der Waals surface area (Å²) in [7, 11) is 0. The zero-order valence-electron chi connectivity index (χ0n) is 10.4. The van der Waals surface area contributed by atoms with Crippen LogP contribution < -0.4 is 4.90 Å². The van der Waals surface area contributed by atoms with Crippen LogP contribution in [0.3, 0.4) is 0 Å². The van der Waals surface area contributed by atoms with Crippen molar-refractivity contribution < 1.29 is 13.9 Å². The van der Waals surface area contributed by atoms with Gasteiger partial charge in [0.25, 0.3) is 0 Å². The summed E-state index contributed by atoms with van der Waals surface area (Å²) in [6, 6.07) is 5.91. The number of rotatable bonds is 5. The van der Waals surface area contributed by atoms with E-state index in [-0.39, 0.29) is 18.3 Å². The fourth-order valence-electron chi connectivity index (χ4n) is 1.58. The quantitative estimate of drug-likeness (QED) is 0.790. The average Bonchev–Trinajstić information content (AvgIpc) is 2.91. The minimum Gasteiger partial charge on any atom is -0.465 e. The van der Waals surface area contributed by atoms with Gasteiger partial charge in [-0.25, -0.2) is 9.37 Å². The minimum atomic E-state index is -0.345. The molecular weight excluding hydrogens is 267 g/mol. The highest BCUT2D eigenvalue weighted by Crippen LogP contribution is 2.27. The van der Waals surface area contributed by atoms with Crippen molar-refractivity contribution in [1.82, 2.24) is 4.98 Å². The molecule has 0 saturated heterocycles. The van der Waals surface area contributed by atoms with Gasteiger partial charge in [-0.2, -0.15) is 0 Å². The molecule has 0 amide bonds. The van der Waals surface area contributed by atoms with E-state index in [1.54, 1.807) is 30.2 Å². The predicted molar refractivity (Wildman–Crippen MR) is 72.2 cm³/mol. The maximum absolute atomic E-state index is 13.0. The van der Waals surface area contributed by atoms with E-state index in [0.29, 0.717) is 17.4 Å². The van der Waals surface area contributed by atoms with Gasteiger partial charge in [-0.15, -0.1) is 11.3 Å². The fraction of sp³-hybridized carbons (Fsp3) is 0.231. The first-order chi connectivity index (χ1) is 9.20. The number of carbonyl (C=O) groups is 1. The summed E-state index contributed by atoms with van der Waals surface area (Å²) < 4.78 is 17.9. The molecule has 4 nitrogen and oxygen atoms in total. The lowest BCUT2D eigenvalue weighted by Gasteiger charge is -2.20. The van der Waals surface area contributed by atoms with Crippen molar-refractivity contribution in [3.05, 3.63) is 41.7 Å². The Balaban J connectivity index is 2.24. The Morgan fingerprint density at radius 1 is 1.42 bits per heavy atom. The monoisotopic (exact) mass is 280 g/mol. The Kier molecular flexibility index (Phi) is 4.46. The SMILES string of the molecule is CCOC(=O)CN(c1ccc(F)cc1)c1nccs1. The summed E-state index contributed by atoms with van der Waals surface area (Å²) in [5.41, 5.74) is 0.699. The molecule has 2 aromatic rings. The van der Waals surface area contributed by atoms with Crippen LogP contribution >= 0.6 is 11.3 Å². The molecule has 0 spiro atoms. The number of thiazole rings is 1. The molecule has 0 N–H and O–H groups in total. The van der Waals surface area contributed by atoms with Crippen LogP contribution in [0.15, 0.2) is 35.8 Å².